The van der Waals surface area contributed by atoms with Crippen LogP contribution in [0.2, 0.25) is 0 Å². The zero-order valence-electron chi connectivity index (χ0n) is 13.9. The second-order valence-electron chi connectivity index (χ2n) is 7.27. The van der Waals surface area contributed by atoms with Gasteiger partial charge in [0.25, 0.3) is 5.91 Å². The summed E-state index contributed by atoms with van der Waals surface area (Å²) in [5, 5.41) is 0. The van der Waals surface area contributed by atoms with Crippen molar-refractivity contribution in [3.05, 3.63) is 23.8 Å². The van der Waals surface area contributed by atoms with Crippen molar-refractivity contribution < 1.29 is 4.79 Å². The first-order valence-corrected chi connectivity index (χ1v) is 8.30. The van der Waals surface area contributed by atoms with Crippen LogP contribution in [-0.4, -0.2) is 58.9 Å². The molecule has 1 amide bonds. The van der Waals surface area contributed by atoms with Gasteiger partial charge in [0.2, 0.25) is 0 Å². The predicted molar refractivity (Wildman–Crippen MR) is 85.8 cm³/mol. The van der Waals surface area contributed by atoms with Gasteiger partial charge in [-0.3, -0.25) is 4.79 Å². The van der Waals surface area contributed by atoms with Gasteiger partial charge < -0.3 is 9.80 Å². The Kier molecular flexibility index (Phi) is 4.17. The lowest BCUT2D eigenvalue weighted by Gasteiger charge is -2.40. The molecule has 0 unspecified atom stereocenters. The van der Waals surface area contributed by atoms with E-state index in [1.54, 1.807) is 12.3 Å². The Bertz CT molecular complexity index is 555. The van der Waals surface area contributed by atoms with Crippen LogP contribution in [0.3, 0.4) is 0 Å². The highest BCUT2D eigenvalue weighted by Crippen LogP contribution is 2.38. The third kappa shape index (κ3) is 3.00. The van der Waals surface area contributed by atoms with Crippen LogP contribution in [0.4, 0.5) is 0 Å². The minimum Gasteiger partial charge on any atom is -0.337 e. The number of likely N-dealkylation sites (tertiary alicyclic amines) is 2. The number of aromatic nitrogens is 2. The molecule has 5 heteroatoms. The van der Waals surface area contributed by atoms with Crippen molar-refractivity contribution in [3.63, 3.8) is 0 Å². The lowest BCUT2D eigenvalue weighted by molar-refractivity contribution is 0.0528. The summed E-state index contributed by atoms with van der Waals surface area (Å²) in [6.45, 7) is 8.08. The van der Waals surface area contributed by atoms with E-state index in [9.17, 15) is 4.79 Å². The third-order valence-corrected chi connectivity index (χ3v) is 4.99. The molecular weight excluding hydrogens is 276 g/mol. The Balaban J connectivity index is 1.76. The van der Waals surface area contributed by atoms with Crippen LogP contribution in [0.1, 0.15) is 55.3 Å². The van der Waals surface area contributed by atoms with Gasteiger partial charge in [-0.05, 0) is 38.9 Å². The molecule has 3 heterocycles. The first-order chi connectivity index (χ1) is 10.5. The number of rotatable bonds is 2. The quantitative estimate of drug-likeness (QED) is 0.840. The summed E-state index contributed by atoms with van der Waals surface area (Å²) in [4.78, 5) is 25.9. The molecule has 5 nitrogen and oxygen atoms in total. The fourth-order valence-corrected chi connectivity index (χ4v) is 3.81. The number of piperidine rings is 1. The first kappa shape index (κ1) is 15.4. The maximum Gasteiger partial charge on any atom is 0.272 e. The van der Waals surface area contributed by atoms with Gasteiger partial charge in [-0.25, -0.2) is 9.97 Å². The van der Waals surface area contributed by atoms with Gasteiger partial charge in [-0.1, -0.05) is 13.8 Å². The fraction of sp³-hybridized carbons (Fsp3) is 0.706. The maximum absolute atomic E-state index is 12.8. The molecule has 22 heavy (non-hydrogen) atoms. The van der Waals surface area contributed by atoms with Crippen molar-refractivity contribution in [1.29, 1.82) is 0 Å². The Hall–Kier alpha value is -1.49. The highest BCUT2D eigenvalue weighted by molar-refractivity contribution is 5.92. The maximum atomic E-state index is 12.8. The summed E-state index contributed by atoms with van der Waals surface area (Å²) < 4.78 is 0. The van der Waals surface area contributed by atoms with Crippen LogP contribution in [0, 0.1) is 5.41 Å². The standard InChI is InChI=1S/C17H26N4O/c1-13(2)15-18-8-5-14(19-15)16(22)21-9-4-6-17(12-21)7-10-20(3)11-17/h5,8,13H,4,6-7,9-12H2,1-3H3/t17-/m0/s1. The molecule has 2 aliphatic heterocycles. The van der Waals surface area contributed by atoms with Gasteiger partial charge in [0.15, 0.2) is 0 Å². The average Bonchev–Trinajstić information content (AvgIpc) is 2.87. The molecule has 2 aliphatic rings. The van der Waals surface area contributed by atoms with Crippen LogP contribution in [0.5, 0.6) is 0 Å². The Labute approximate surface area is 132 Å². The number of nitrogens with zero attached hydrogens (tertiary/aromatic N) is 4. The van der Waals surface area contributed by atoms with Crippen LogP contribution < -0.4 is 0 Å². The molecule has 0 aliphatic carbocycles. The molecule has 2 saturated heterocycles. The molecule has 0 N–H and O–H groups in total. The molecule has 3 rings (SSSR count). The van der Waals surface area contributed by atoms with Gasteiger partial charge in [0, 0.05) is 37.2 Å². The largest absolute Gasteiger partial charge is 0.337 e. The molecule has 1 spiro atoms. The Morgan fingerprint density at radius 3 is 2.77 bits per heavy atom. The smallest absolute Gasteiger partial charge is 0.272 e. The van der Waals surface area contributed by atoms with E-state index >= 15 is 0 Å². The average molecular weight is 302 g/mol. The second kappa shape index (κ2) is 5.95. The number of hydrogen-bond donors (Lipinski definition) is 0. The molecule has 0 radical (unpaired) electrons. The summed E-state index contributed by atoms with van der Waals surface area (Å²) in [5.41, 5.74) is 0.846. The summed E-state index contributed by atoms with van der Waals surface area (Å²) in [7, 11) is 2.18. The van der Waals surface area contributed by atoms with Crippen LogP contribution >= 0.6 is 0 Å². The molecule has 1 atom stereocenters. The highest BCUT2D eigenvalue weighted by Gasteiger charge is 2.41. The molecule has 0 aromatic carbocycles. The van der Waals surface area contributed by atoms with Crippen LogP contribution in [0.25, 0.3) is 0 Å². The first-order valence-electron chi connectivity index (χ1n) is 8.30. The van der Waals surface area contributed by atoms with E-state index in [1.165, 1.54) is 12.8 Å². The summed E-state index contributed by atoms with van der Waals surface area (Å²) in [5.74, 6) is 1.06. The summed E-state index contributed by atoms with van der Waals surface area (Å²) in [6, 6.07) is 1.75. The lowest BCUT2D eigenvalue weighted by atomic mass is 9.79. The van der Waals surface area contributed by atoms with E-state index in [2.05, 4.69) is 21.9 Å². The van der Waals surface area contributed by atoms with Gasteiger partial charge in [-0.15, -0.1) is 0 Å². The van der Waals surface area contributed by atoms with Crippen molar-refractivity contribution >= 4 is 5.91 Å². The van der Waals surface area contributed by atoms with E-state index in [0.29, 0.717) is 11.1 Å². The van der Waals surface area contributed by atoms with Crippen LogP contribution in [-0.2, 0) is 0 Å². The molecule has 0 saturated carbocycles. The van der Waals surface area contributed by atoms with Gasteiger partial charge in [0.05, 0.1) is 0 Å². The zero-order valence-corrected chi connectivity index (χ0v) is 13.9. The topological polar surface area (TPSA) is 49.3 Å². The van der Waals surface area contributed by atoms with Crippen LogP contribution in [0.15, 0.2) is 12.3 Å². The minimum absolute atomic E-state index is 0.0675. The Morgan fingerprint density at radius 1 is 1.27 bits per heavy atom. The van der Waals surface area contributed by atoms with Gasteiger partial charge >= 0.3 is 0 Å². The van der Waals surface area contributed by atoms with Crippen molar-refractivity contribution in [3.8, 4) is 0 Å². The van der Waals surface area contributed by atoms with Crippen molar-refractivity contribution in [2.75, 3.05) is 33.2 Å². The minimum atomic E-state index is 0.0675. The third-order valence-electron chi connectivity index (χ3n) is 4.99. The molecule has 1 aromatic rings. The van der Waals surface area contributed by atoms with Gasteiger partial charge in [0.1, 0.15) is 11.5 Å². The predicted octanol–water partition coefficient (Wildman–Crippen LogP) is 2.16. The molecule has 1 aromatic heterocycles. The number of hydrogen-bond acceptors (Lipinski definition) is 4. The SMILES string of the molecule is CC(C)c1nccc(C(=O)N2CCC[C@@]3(CCN(C)C3)C2)n1. The Morgan fingerprint density at radius 2 is 2.09 bits per heavy atom. The monoisotopic (exact) mass is 302 g/mol. The molecule has 120 valence electrons. The van der Waals surface area contributed by atoms with Crippen molar-refractivity contribution in [2.45, 2.75) is 39.0 Å². The number of carbonyl (C=O) groups excluding carboxylic acids is 1. The highest BCUT2D eigenvalue weighted by atomic mass is 16.2. The normalized spacial score (nSPS) is 26.1. The van der Waals surface area contributed by atoms with Gasteiger partial charge in [-0.2, -0.15) is 0 Å². The lowest BCUT2D eigenvalue weighted by Crippen LogP contribution is -2.47. The second-order valence-corrected chi connectivity index (χ2v) is 7.27. The van der Waals surface area contributed by atoms with E-state index in [-0.39, 0.29) is 11.8 Å². The molecule has 0 bridgehead atoms. The molecular formula is C17H26N4O. The van der Waals surface area contributed by atoms with Crippen molar-refractivity contribution in [2.24, 2.45) is 5.41 Å². The number of carbonyl (C=O) groups is 1. The summed E-state index contributed by atoms with van der Waals surface area (Å²) >= 11 is 0. The fourth-order valence-electron chi connectivity index (χ4n) is 3.81. The molecule has 2 fully saturated rings. The van der Waals surface area contributed by atoms with E-state index < -0.39 is 0 Å². The zero-order chi connectivity index (χ0) is 15.7. The summed E-state index contributed by atoms with van der Waals surface area (Å²) in [6.07, 6.45) is 5.25. The van der Waals surface area contributed by atoms with E-state index in [4.69, 9.17) is 0 Å². The number of amides is 1. The van der Waals surface area contributed by atoms with Crippen molar-refractivity contribution in [1.82, 2.24) is 19.8 Å². The van der Waals surface area contributed by atoms with E-state index in [0.717, 1.165) is 38.4 Å². The van der Waals surface area contributed by atoms with E-state index in [1.807, 2.05) is 18.7 Å².